The molecule has 0 aliphatic carbocycles. The van der Waals surface area contributed by atoms with Gasteiger partial charge < -0.3 is 10.5 Å². The van der Waals surface area contributed by atoms with Crippen LogP contribution in [0.1, 0.15) is 13.3 Å². The van der Waals surface area contributed by atoms with E-state index < -0.39 is 0 Å². The quantitative estimate of drug-likeness (QED) is 0.529. The molecule has 2 atom stereocenters. The molecule has 0 amide bonds. The molecular weight excluding hydrogens is 126 g/mol. The fourth-order valence-electron chi connectivity index (χ4n) is 0.748. The van der Waals surface area contributed by atoms with E-state index in [2.05, 4.69) is 0 Å². The highest BCUT2D eigenvalue weighted by Crippen LogP contribution is 2.08. The first-order valence-electron chi connectivity index (χ1n) is 2.68. The van der Waals surface area contributed by atoms with Crippen molar-refractivity contribution in [1.82, 2.24) is 0 Å². The maximum absolute atomic E-state index is 5.55. The lowest BCUT2D eigenvalue weighted by Gasteiger charge is -2.04. The van der Waals surface area contributed by atoms with Crippen LogP contribution in [-0.2, 0) is 4.74 Å². The molecule has 0 radical (unpaired) electrons. The third-order valence-corrected chi connectivity index (χ3v) is 1.43. The summed E-state index contributed by atoms with van der Waals surface area (Å²) in [4.78, 5) is 0. The fourth-order valence-corrected chi connectivity index (χ4v) is 0.748. The van der Waals surface area contributed by atoms with Crippen LogP contribution in [0.3, 0.4) is 0 Å². The summed E-state index contributed by atoms with van der Waals surface area (Å²) in [5.41, 5.74) is 5.55. The summed E-state index contributed by atoms with van der Waals surface area (Å²) in [5.74, 6) is 0. The van der Waals surface area contributed by atoms with Crippen molar-refractivity contribution in [3.63, 3.8) is 0 Å². The molecule has 1 fully saturated rings. The molecule has 0 unspecified atom stereocenters. The van der Waals surface area contributed by atoms with E-state index in [1.54, 1.807) is 0 Å². The summed E-state index contributed by atoms with van der Waals surface area (Å²) in [6.07, 6.45) is 1.32. The van der Waals surface area contributed by atoms with Gasteiger partial charge in [-0.15, -0.1) is 12.4 Å². The molecule has 8 heavy (non-hydrogen) atoms. The second-order valence-corrected chi connectivity index (χ2v) is 2.03. The summed E-state index contributed by atoms with van der Waals surface area (Å²) in [7, 11) is 0. The van der Waals surface area contributed by atoms with Crippen LogP contribution in [0, 0.1) is 0 Å². The van der Waals surface area contributed by atoms with Crippen LogP contribution in [0.2, 0.25) is 0 Å². The first-order chi connectivity index (χ1) is 3.30. The average molecular weight is 138 g/mol. The lowest BCUT2D eigenvalue weighted by Crippen LogP contribution is -2.26. The van der Waals surface area contributed by atoms with Crippen LogP contribution < -0.4 is 5.73 Å². The van der Waals surface area contributed by atoms with Crippen molar-refractivity contribution < 1.29 is 4.74 Å². The van der Waals surface area contributed by atoms with Gasteiger partial charge in [0.1, 0.15) is 0 Å². The minimum absolute atomic E-state index is 0. The van der Waals surface area contributed by atoms with Crippen LogP contribution in [-0.4, -0.2) is 18.8 Å². The Morgan fingerprint density at radius 3 is 2.38 bits per heavy atom. The van der Waals surface area contributed by atoms with Crippen molar-refractivity contribution in [3.8, 4) is 0 Å². The molecule has 2 N–H and O–H groups in total. The average Bonchev–Trinajstić information content (AvgIpc) is 1.91. The van der Waals surface area contributed by atoms with E-state index in [-0.39, 0.29) is 12.4 Å². The summed E-state index contributed by atoms with van der Waals surface area (Å²) in [6.45, 7) is 2.86. The van der Waals surface area contributed by atoms with Gasteiger partial charge in [-0.1, -0.05) is 0 Å². The zero-order valence-electron chi connectivity index (χ0n) is 4.96. The van der Waals surface area contributed by atoms with Crippen molar-refractivity contribution in [2.24, 2.45) is 5.73 Å². The molecule has 1 saturated heterocycles. The monoisotopic (exact) mass is 137 g/mol. The van der Waals surface area contributed by atoms with Gasteiger partial charge in [0.2, 0.25) is 0 Å². The largest absolute Gasteiger partial charge is 0.377 e. The molecule has 2 nitrogen and oxygen atoms in total. The number of ether oxygens (including phenoxy) is 1. The van der Waals surface area contributed by atoms with Crippen molar-refractivity contribution >= 4 is 12.4 Å². The van der Waals surface area contributed by atoms with Crippen LogP contribution >= 0.6 is 12.4 Å². The molecule has 0 aromatic carbocycles. The minimum Gasteiger partial charge on any atom is -0.377 e. The molecule has 0 saturated carbocycles. The molecule has 0 spiro atoms. The topological polar surface area (TPSA) is 35.2 Å². The van der Waals surface area contributed by atoms with Crippen molar-refractivity contribution in [1.29, 1.82) is 0 Å². The van der Waals surface area contributed by atoms with Gasteiger partial charge >= 0.3 is 0 Å². The zero-order chi connectivity index (χ0) is 5.28. The van der Waals surface area contributed by atoms with Gasteiger partial charge in [-0.25, -0.2) is 0 Å². The van der Waals surface area contributed by atoms with Crippen LogP contribution in [0.15, 0.2) is 0 Å². The maximum atomic E-state index is 5.55. The Labute approximate surface area is 55.8 Å². The van der Waals surface area contributed by atoms with Gasteiger partial charge in [0, 0.05) is 12.6 Å². The molecule has 0 bridgehead atoms. The Balaban J connectivity index is 0.000000490. The van der Waals surface area contributed by atoms with Crippen molar-refractivity contribution in [2.75, 3.05) is 6.61 Å². The standard InChI is InChI=1S/C5H11NO.ClH/c1-4-5(6)2-3-7-4;/h4-5H,2-3,6H2,1H3;1H/t4-,5-;/m1./s1. The van der Waals surface area contributed by atoms with Gasteiger partial charge in [0.05, 0.1) is 6.10 Å². The smallest absolute Gasteiger partial charge is 0.0698 e. The van der Waals surface area contributed by atoms with E-state index in [1.165, 1.54) is 0 Å². The second-order valence-electron chi connectivity index (χ2n) is 2.03. The fraction of sp³-hybridized carbons (Fsp3) is 1.00. The molecule has 1 aliphatic heterocycles. The van der Waals surface area contributed by atoms with E-state index in [0.717, 1.165) is 13.0 Å². The normalized spacial score (nSPS) is 36.8. The summed E-state index contributed by atoms with van der Waals surface area (Å²) < 4.78 is 5.14. The van der Waals surface area contributed by atoms with Crippen molar-refractivity contribution in [2.45, 2.75) is 25.5 Å². The van der Waals surface area contributed by atoms with Crippen LogP contribution in [0.25, 0.3) is 0 Å². The maximum Gasteiger partial charge on any atom is 0.0698 e. The van der Waals surface area contributed by atoms with Crippen LogP contribution in [0.5, 0.6) is 0 Å². The molecule has 0 aromatic heterocycles. The summed E-state index contributed by atoms with van der Waals surface area (Å²) >= 11 is 0. The SMILES string of the molecule is C[C@H]1OCC[C@H]1N.Cl. The zero-order valence-corrected chi connectivity index (χ0v) is 5.78. The molecule has 1 rings (SSSR count). The predicted molar refractivity (Wildman–Crippen MR) is 35.3 cm³/mol. The van der Waals surface area contributed by atoms with E-state index >= 15 is 0 Å². The number of nitrogens with two attached hydrogens (primary N) is 1. The van der Waals surface area contributed by atoms with E-state index in [9.17, 15) is 0 Å². The molecule has 1 heterocycles. The van der Waals surface area contributed by atoms with E-state index in [0.29, 0.717) is 12.1 Å². The van der Waals surface area contributed by atoms with Gasteiger partial charge in [0.15, 0.2) is 0 Å². The van der Waals surface area contributed by atoms with Gasteiger partial charge in [0.25, 0.3) is 0 Å². The Kier molecular flexibility index (Phi) is 3.36. The lowest BCUT2D eigenvalue weighted by atomic mass is 10.2. The number of hydrogen-bond donors (Lipinski definition) is 1. The van der Waals surface area contributed by atoms with Crippen molar-refractivity contribution in [3.05, 3.63) is 0 Å². The second kappa shape index (κ2) is 3.28. The predicted octanol–water partition coefficient (Wildman–Crippen LogP) is 0.544. The third kappa shape index (κ3) is 1.62. The van der Waals surface area contributed by atoms with Gasteiger partial charge in [-0.2, -0.15) is 0 Å². The van der Waals surface area contributed by atoms with Crippen LogP contribution in [0.4, 0.5) is 0 Å². The highest BCUT2D eigenvalue weighted by molar-refractivity contribution is 5.85. The Morgan fingerprint density at radius 1 is 1.62 bits per heavy atom. The number of rotatable bonds is 0. The molecular formula is C5H12ClNO. The Hall–Kier alpha value is 0.210. The summed E-state index contributed by atoms with van der Waals surface area (Å²) in [6, 6.07) is 0.292. The summed E-state index contributed by atoms with van der Waals surface area (Å²) in [5, 5.41) is 0. The lowest BCUT2D eigenvalue weighted by molar-refractivity contribution is 0.119. The van der Waals surface area contributed by atoms with E-state index in [1.807, 2.05) is 6.92 Å². The highest BCUT2D eigenvalue weighted by atomic mass is 35.5. The Morgan fingerprint density at radius 2 is 2.25 bits per heavy atom. The Bertz CT molecular complexity index is 61.4. The molecule has 3 heteroatoms. The molecule has 50 valence electrons. The highest BCUT2D eigenvalue weighted by Gasteiger charge is 2.18. The number of halogens is 1. The molecule has 0 aromatic rings. The third-order valence-electron chi connectivity index (χ3n) is 1.43. The first kappa shape index (κ1) is 8.21. The molecule has 1 aliphatic rings. The first-order valence-corrected chi connectivity index (χ1v) is 2.68. The number of hydrogen-bond acceptors (Lipinski definition) is 2. The van der Waals surface area contributed by atoms with Gasteiger partial charge in [-0.05, 0) is 13.3 Å². The minimum atomic E-state index is 0. The van der Waals surface area contributed by atoms with E-state index in [4.69, 9.17) is 10.5 Å². The van der Waals surface area contributed by atoms with Gasteiger partial charge in [-0.3, -0.25) is 0 Å².